The first-order valence-electron chi connectivity index (χ1n) is 15.2. The van der Waals surface area contributed by atoms with Gasteiger partial charge in [0.25, 0.3) is 0 Å². The van der Waals surface area contributed by atoms with Gasteiger partial charge in [-0.05, 0) is 55.9 Å². The number of fused-ring (bicyclic) bond motifs is 1. The summed E-state index contributed by atoms with van der Waals surface area (Å²) >= 11 is 0. The molecule has 258 valence electrons. The molecule has 16 heteroatoms. The predicted molar refractivity (Wildman–Crippen MR) is 172 cm³/mol. The second-order valence-electron chi connectivity index (χ2n) is 12.3. The molecule has 2 aromatic carbocycles. The van der Waals surface area contributed by atoms with E-state index in [0.29, 0.717) is 18.7 Å². The van der Waals surface area contributed by atoms with Crippen LogP contribution in [0, 0.1) is 11.6 Å². The SMILES string of the molecule is C=CC(=O)N1CCN(c2nc(=O)n(-c3c(C4CN(C)C4)cccc3S(C)(=O)=O)c3nc(-c4ccc(F)cc4C(F)(F)F)c(F)cc23)[C@@H](C)C1. The summed E-state index contributed by atoms with van der Waals surface area (Å²) in [6, 6.07) is 6.61. The largest absolute Gasteiger partial charge is 0.417 e. The minimum atomic E-state index is -5.10. The van der Waals surface area contributed by atoms with E-state index in [9.17, 15) is 35.6 Å². The van der Waals surface area contributed by atoms with Crippen LogP contribution in [0.3, 0.4) is 0 Å². The van der Waals surface area contributed by atoms with Crippen LogP contribution in [0.25, 0.3) is 28.0 Å². The number of anilines is 1. The molecule has 49 heavy (non-hydrogen) atoms. The van der Waals surface area contributed by atoms with Gasteiger partial charge >= 0.3 is 11.9 Å². The minimum absolute atomic E-state index is 0.0516. The maximum absolute atomic E-state index is 16.1. The fraction of sp³-hybridized carbons (Fsp3) is 0.333. The molecule has 0 saturated carbocycles. The highest BCUT2D eigenvalue weighted by atomic mass is 32.2. The van der Waals surface area contributed by atoms with Crippen molar-refractivity contribution in [2.24, 2.45) is 0 Å². The van der Waals surface area contributed by atoms with Crippen molar-refractivity contribution in [3.05, 3.63) is 88.4 Å². The van der Waals surface area contributed by atoms with Crippen molar-refractivity contribution >= 4 is 32.6 Å². The fourth-order valence-electron chi connectivity index (χ4n) is 6.58. The van der Waals surface area contributed by atoms with Crippen LogP contribution >= 0.6 is 0 Å². The molecular weight excluding hydrogens is 671 g/mol. The van der Waals surface area contributed by atoms with Gasteiger partial charge in [0, 0.05) is 56.5 Å². The molecule has 0 unspecified atom stereocenters. The Kier molecular flexibility index (Phi) is 8.59. The van der Waals surface area contributed by atoms with Gasteiger partial charge in [-0.2, -0.15) is 18.2 Å². The number of hydrogen-bond acceptors (Lipinski definition) is 8. The third-order valence-electron chi connectivity index (χ3n) is 8.89. The monoisotopic (exact) mass is 702 g/mol. The summed E-state index contributed by atoms with van der Waals surface area (Å²) in [5.74, 6) is -3.02. The van der Waals surface area contributed by atoms with Crippen LogP contribution in [0.5, 0.6) is 0 Å². The van der Waals surface area contributed by atoms with Gasteiger partial charge < -0.3 is 14.7 Å². The molecule has 0 radical (unpaired) electrons. The molecule has 1 amide bonds. The minimum Gasteiger partial charge on any atom is -0.350 e. The van der Waals surface area contributed by atoms with Gasteiger partial charge in [0.05, 0.1) is 21.5 Å². The third-order valence-corrected chi connectivity index (χ3v) is 10.0. The number of halogens is 5. The summed E-state index contributed by atoms with van der Waals surface area (Å²) in [5.41, 5.74) is -4.11. The van der Waals surface area contributed by atoms with Crippen LogP contribution in [-0.2, 0) is 20.8 Å². The number of alkyl halides is 3. The highest BCUT2D eigenvalue weighted by Crippen LogP contribution is 2.40. The van der Waals surface area contributed by atoms with Gasteiger partial charge in [0.15, 0.2) is 15.5 Å². The summed E-state index contributed by atoms with van der Waals surface area (Å²) in [6.07, 6.45) is -2.98. The molecule has 10 nitrogen and oxygen atoms in total. The molecule has 2 saturated heterocycles. The van der Waals surface area contributed by atoms with Gasteiger partial charge in [-0.1, -0.05) is 18.7 Å². The number of nitrogens with zero attached hydrogens (tertiary/aromatic N) is 6. The van der Waals surface area contributed by atoms with E-state index in [1.165, 1.54) is 23.1 Å². The summed E-state index contributed by atoms with van der Waals surface area (Å²) < 4.78 is 99.9. The maximum atomic E-state index is 16.1. The highest BCUT2D eigenvalue weighted by Gasteiger charge is 2.37. The number of likely N-dealkylation sites (tertiary alicyclic amines) is 1. The number of carbonyl (C=O) groups is 1. The van der Waals surface area contributed by atoms with Gasteiger partial charge in [-0.15, -0.1) is 0 Å². The number of rotatable bonds is 6. The number of hydrogen-bond donors (Lipinski definition) is 0. The Bertz CT molecular complexity index is 2180. The van der Waals surface area contributed by atoms with Gasteiger partial charge in [-0.25, -0.2) is 31.5 Å². The van der Waals surface area contributed by atoms with Crippen LogP contribution in [0.1, 0.15) is 24.0 Å². The van der Waals surface area contributed by atoms with Crippen molar-refractivity contribution in [1.82, 2.24) is 24.3 Å². The average molecular weight is 703 g/mol. The molecule has 0 N–H and O–H groups in total. The van der Waals surface area contributed by atoms with Gasteiger partial charge in [-0.3, -0.25) is 4.79 Å². The first-order valence-corrected chi connectivity index (χ1v) is 17.1. The van der Waals surface area contributed by atoms with Gasteiger partial charge in [0.1, 0.15) is 23.1 Å². The zero-order chi connectivity index (χ0) is 35.6. The smallest absolute Gasteiger partial charge is 0.350 e. The van der Waals surface area contributed by atoms with Crippen LogP contribution in [0.15, 0.2) is 64.8 Å². The Morgan fingerprint density at radius 3 is 2.37 bits per heavy atom. The van der Waals surface area contributed by atoms with Crippen molar-refractivity contribution in [3.63, 3.8) is 0 Å². The molecule has 1 atom stereocenters. The number of likely N-dealkylation sites (N-methyl/N-ethyl adjacent to an activating group) is 1. The number of piperazine rings is 1. The Balaban J connectivity index is 1.70. The van der Waals surface area contributed by atoms with E-state index in [-0.39, 0.29) is 65.0 Å². The first kappa shape index (κ1) is 34.2. The number of carbonyl (C=O) groups excluding carboxylic acids is 1. The van der Waals surface area contributed by atoms with Crippen LogP contribution in [0.2, 0.25) is 0 Å². The zero-order valence-electron chi connectivity index (χ0n) is 26.6. The van der Waals surface area contributed by atoms with Crippen molar-refractivity contribution in [2.45, 2.75) is 30.0 Å². The van der Waals surface area contributed by atoms with Crippen LogP contribution in [0.4, 0.5) is 27.8 Å². The average Bonchev–Trinajstić information content (AvgIpc) is 3.01. The maximum Gasteiger partial charge on any atom is 0.417 e. The van der Waals surface area contributed by atoms with Crippen molar-refractivity contribution in [2.75, 3.05) is 50.9 Å². The molecule has 6 rings (SSSR count). The second kappa shape index (κ2) is 12.3. The molecule has 2 aliphatic rings. The Labute approximate surface area is 278 Å². The molecule has 2 aliphatic heterocycles. The first-order chi connectivity index (χ1) is 23.0. The normalized spacial score (nSPS) is 17.8. The molecule has 2 aromatic heterocycles. The van der Waals surface area contributed by atoms with Gasteiger partial charge in [0.2, 0.25) is 5.91 Å². The lowest BCUT2D eigenvalue weighted by Gasteiger charge is -2.40. The third kappa shape index (κ3) is 6.18. The summed E-state index contributed by atoms with van der Waals surface area (Å²) in [5, 5.41) is -0.0909. The number of amides is 1. The van der Waals surface area contributed by atoms with Crippen LogP contribution < -0.4 is 10.6 Å². The van der Waals surface area contributed by atoms with Crippen molar-refractivity contribution in [3.8, 4) is 16.9 Å². The number of aromatic nitrogens is 3. The molecule has 0 aliphatic carbocycles. The van der Waals surface area contributed by atoms with Crippen molar-refractivity contribution in [1.29, 1.82) is 0 Å². The van der Waals surface area contributed by atoms with E-state index in [1.54, 1.807) is 17.9 Å². The molecule has 4 heterocycles. The van der Waals surface area contributed by atoms with Crippen LogP contribution in [-0.4, -0.2) is 90.7 Å². The topological polar surface area (TPSA) is 109 Å². The van der Waals surface area contributed by atoms with E-state index in [4.69, 9.17) is 0 Å². The molecular formula is C33H31F5N6O4S. The fourth-order valence-corrected chi connectivity index (χ4v) is 7.46. The molecule has 4 aromatic rings. The van der Waals surface area contributed by atoms with E-state index in [2.05, 4.69) is 16.5 Å². The Hall–Kier alpha value is -4.70. The number of benzene rings is 2. The highest BCUT2D eigenvalue weighted by molar-refractivity contribution is 7.90. The summed E-state index contributed by atoms with van der Waals surface area (Å²) in [7, 11) is -2.17. The standard InChI is InChI=1S/C33H31F5N6O4S/c1-5-27(45)42-11-12-43(18(2)15-42)30-23-14-25(35)28(22-10-9-20(34)13-24(22)33(36,37)38)39-31(23)44(32(46)40-30)29-21(19-16-41(3)17-19)7-6-8-26(29)49(4,47)48/h5-10,13-14,18-19H,1,11-12,15-17H2,2-4H3/t18-/m0/s1. The Morgan fingerprint density at radius 2 is 1.76 bits per heavy atom. The number of pyridine rings is 1. The summed E-state index contributed by atoms with van der Waals surface area (Å²) in [6.45, 7) is 6.81. The molecule has 2 fully saturated rings. The lowest BCUT2D eigenvalue weighted by molar-refractivity contribution is -0.137. The predicted octanol–water partition coefficient (Wildman–Crippen LogP) is 4.40. The zero-order valence-corrected chi connectivity index (χ0v) is 27.4. The molecule has 0 bridgehead atoms. The van der Waals surface area contributed by atoms with E-state index >= 15 is 4.39 Å². The molecule has 0 spiro atoms. The number of para-hydroxylation sites is 1. The second-order valence-corrected chi connectivity index (χ2v) is 14.3. The lowest BCUT2D eigenvalue weighted by Crippen LogP contribution is -2.54. The number of sulfone groups is 1. The van der Waals surface area contributed by atoms with E-state index in [0.717, 1.165) is 29.0 Å². The van der Waals surface area contributed by atoms with E-state index in [1.807, 2.05) is 11.9 Å². The summed E-state index contributed by atoms with van der Waals surface area (Å²) in [4.78, 5) is 40.1. The van der Waals surface area contributed by atoms with Crippen molar-refractivity contribution < 1.29 is 35.2 Å². The lowest BCUT2D eigenvalue weighted by atomic mass is 9.90. The quantitative estimate of drug-likeness (QED) is 0.215. The Morgan fingerprint density at radius 1 is 1.04 bits per heavy atom. The van der Waals surface area contributed by atoms with E-state index < -0.39 is 56.2 Å².